The predicted octanol–water partition coefficient (Wildman–Crippen LogP) is 5.16. The summed E-state index contributed by atoms with van der Waals surface area (Å²) in [5.41, 5.74) is 3.98. The molecule has 128 valence electrons. The molecule has 0 aliphatic heterocycles. The minimum absolute atomic E-state index is 0.176. The van der Waals surface area contributed by atoms with Gasteiger partial charge in [-0.1, -0.05) is 30.3 Å². The van der Waals surface area contributed by atoms with Crippen molar-refractivity contribution in [2.24, 2.45) is 0 Å². The maximum absolute atomic E-state index is 14.0. The van der Waals surface area contributed by atoms with Gasteiger partial charge < -0.3 is 4.57 Å². The highest BCUT2D eigenvalue weighted by atomic mass is 19.1. The molecule has 0 N–H and O–H groups in total. The summed E-state index contributed by atoms with van der Waals surface area (Å²) in [5, 5.41) is 1.09. The lowest BCUT2D eigenvalue weighted by atomic mass is 10.1. The largest absolute Gasteiger partial charge is 0.343 e. The molecule has 0 bridgehead atoms. The van der Waals surface area contributed by atoms with Gasteiger partial charge >= 0.3 is 0 Å². The van der Waals surface area contributed by atoms with E-state index in [1.807, 2.05) is 42.9 Å². The molecule has 1 fully saturated rings. The van der Waals surface area contributed by atoms with Crippen LogP contribution in [0.1, 0.15) is 29.9 Å². The van der Waals surface area contributed by atoms with Crippen molar-refractivity contribution in [2.75, 3.05) is 0 Å². The van der Waals surface area contributed by atoms with Gasteiger partial charge in [-0.2, -0.15) is 0 Å². The monoisotopic (exact) mass is 343 g/mol. The number of hydrogen-bond acceptors (Lipinski definition) is 2. The third-order valence-electron chi connectivity index (χ3n) is 5.07. The summed E-state index contributed by atoms with van der Waals surface area (Å²) in [6.07, 6.45) is 8.40. The van der Waals surface area contributed by atoms with E-state index >= 15 is 0 Å². The van der Waals surface area contributed by atoms with Crippen LogP contribution in [0.25, 0.3) is 22.3 Å². The summed E-state index contributed by atoms with van der Waals surface area (Å²) in [5.74, 6) is 1.22. The molecule has 4 aromatic rings. The van der Waals surface area contributed by atoms with Gasteiger partial charge in [0.05, 0.1) is 6.54 Å². The Balaban J connectivity index is 1.53. The summed E-state index contributed by atoms with van der Waals surface area (Å²) >= 11 is 0. The molecule has 1 saturated carbocycles. The number of rotatable bonds is 4. The quantitative estimate of drug-likeness (QED) is 0.512. The van der Waals surface area contributed by atoms with Gasteiger partial charge in [-0.05, 0) is 42.5 Å². The Labute approximate surface area is 151 Å². The molecule has 1 aliphatic carbocycles. The first-order valence-electron chi connectivity index (χ1n) is 8.93. The highest BCUT2D eigenvalue weighted by Crippen LogP contribution is 2.39. The van der Waals surface area contributed by atoms with E-state index in [1.165, 1.54) is 24.5 Å². The van der Waals surface area contributed by atoms with Gasteiger partial charge in [0.1, 0.15) is 5.82 Å². The molecule has 0 amide bonds. The van der Waals surface area contributed by atoms with Crippen molar-refractivity contribution >= 4 is 10.9 Å². The molecule has 0 saturated heterocycles. The van der Waals surface area contributed by atoms with E-state index in [9.17, 15) is 4.39 Å². The van der Waals surface area contributed by atoms with Gasteiger partial charge in [0.25, 0.3) is 0 Å². The van der Waals surface area contributed by atoms with Crippen molar-refractivity contribution in [3.63, 3.8) is 0 Å². The molecule has 0 atom stereocenters. The van der Waals surface area contributed by atoms with Crippen molar-refractivity contribution in [2.45, 2.75) is 25.3 Å². The van der Waals surface area contributed by atoms with E-state index in [0.717, 1.165) is 22.3 Å². The Bertz CT molecular complexity index is 1080. The van der Waals surface area contributed by atoms with Gasteiger partial charge in [0, 0.05) is 40.6 Å². The molecule has 1 aliphatic rings. The van der Waals surface area contributed by atoms with Crippen LogP contribution in [-0.2, 0) is 6.54 Å². The third kappa shape index (κ3) is 2.68. The van der Waals surface area contributed by atoms with Gasteiger partial charge in [-0.3, -0.25) is 0 Å². The highest BCUT2D eigenvalue weighted by Gasteiger charge is 2.24. The number of aromatic nitrogens is 3. The summed E-state index contributed by atoms with van der Waals surface area (Å²) in [6, 6.07) is 15.1. The Kier molecular flexibility index (Phi) is 3.56. The van der Waals surface area contributed by atoms with E-state index in [-0.39, 0.29) is 5.82 Å². The summed E-state index contributed by atoms with van der Waals surface area (Å²) in [6.45, 7) is 0.501. The zero-order valence-corrected chi connectivity index (χ0v) is 14.3. The molecular weight excluding hydrogens is 325 g/mol. The molecular formula is C22H18FN3. The molecule has 3 nitrogen and oxygen atoms in total. The molecule has 26 heavy (non-hydrogen) atoms. The van der Waals surface area contributed by atoms with E-state index in [4.69, 9.17) is 0 Å². The first-order chi connectivity index (χ1) is 12.8. The molecule has 2 heterocycles. The first-order valence-corrected chi connectivity index (χ1v) is 8.93. The van der Waals surface area contributed by atoms with Crippen LogP contribution in [0.4, 0.5) is 4.39 Å². The van der Waals surface area contributed by atoms with Crippen LogP contribution < -0.4 is 0 Å². The average Bonchev–Trinajstić information content (AvgIpc) is 3.45. The first kappa shape index (κ1) is 15.3. The van der Waals surface area contributed by atoms with Crippen molar-refractivity contribution in [1.29, 1.82) is 0 Å². The van der Waals surface area contributed by atoms with E-state index in [2.05, 4.69) is 26.7 Å². The van der Waals surface area contributed by atoms with Crippen molar-refractivity contribution < 1.29 is 4.39 Å². The second kappa shape index (κ2) is 6.06. The normalized spacial score (nSPS) is 14.0. The fourth-order valence-corrected chi connectivity index (χ4v) is 3.47. The minimum Gasteiger partial charge on any atom is -0.343 e. The standard InChI is InChI=1S/C22H18FN3/c23-20-6-2-1-4-16(20)14-26-11-10-18-19(5-3-7-21(18)26)22-24-12-17(13-25-22)15-8-9-15/h1-7,10-13,15H,8-9,14H2. The second-order valence-corrected chi connectivity index (χ2v) is 6.89. The van der Waals surface area contributed by atoms with E-state index in [1.54, 1.807) is 6.07 Å². The number of nitrogens with zero attached hydrogens (tertiary/aromatic N) is 3. The molecule has 4 heteroatoms. The average molecular weight is 343 g/mol. The highest BCUT2D eigenvalue weighted by molar-refractivity contribution is 5.93. The summed E-state index contributed by atoms with van der Waals surface area (Å²) < 4.78 is 16.1. The smallest absolute Gasteiger partial charge is 0.159 e. The lowest BCUT2D eigenvalue weighted by Gasteiger charge is -2.08. The van der Waals surface area contributed by atoms with Gasteiger partial charge in [0.2, 0.25) is 0 Å². The third-order valence-corrected chi connectivity index (χ3v) is 5.07. The van der Waals surface area contributed by atoms with Crippen LogP contribution in [0.3, 0.4) is 0 Å². The maximum Gasteiger partial charge on any atom is 0.159 e. The molecule has 2 aromatic carbocycles. The van der Waals surface area contributed by atoms with Crippen LogP contribution >= 0.6 is 0 Å². The van der Waals surface area contributed by atoms with Crippen molar-refractivity contribution in [3.8, 4) is 11.4 Å². The van der Waals surface area contributed by atoms with E-state index < -0.39 is 0 Å². The predicted molar refractivity (Wildman–Crippen MR) is 100 cm³/mol. The fraction of sp³-hybridized carbons (Fsp3) is 0.182. The minimum atomic E-state index is -0.176. The lowest BCUT2D eigenvalue weighted by molar-refractivity contribution is 0.602. The Morgan fingerprint density at radius 3 is 2.54 bits per heavy atom. The number of fused-ring (bicyclic) bond motifs is 1. The zero-order valence-electron chi connectivity index (χ0n) is 14.3. The van der Waals surface area contributed by atoms with Crippen molar-refractivity contribution in [1.82, 2.24) is 14.5 Å². The zero-order chi connectivity index (χ0) is 17.5. The summed E-state index contributed by atoms with van der Waals surface area (Å²) in [7, 11) is 0. The molecule has 0 unspecified atom stereocenters. The second-order valence-electron chi connectivity index (χ2n) is 6.89. The van der Waals surface area contributed by atoms with E-state index in [0.29, 0.717) is 18.0 Å². The van der Waals surface area contributed by atoms with Crippen LogP contribution in [-0.4, -0.2) is 14.5 Å². The van der Waals surface area contributed by atoms with Crippen LogP contribution in [0.5, 0.6) is 0 Å². The number of hydrogen-bond donors (Lipinski definition) is 0. The Morgan fingerprint density at radius 2 is 1.77 bits per heavy atom. The molecule has 0 radical (unpaired) electrons. The Hall–Kier alpha value is -3.01. The van der Waals surface area contributed by atoms with Gasteiger partial charge in [-0.25, -0.2) is 14.4 Å². The van der Waals surface area contributed by atoms with Gasteiger partial charge in [-0.15, -0.1) is 0 Å². The van der Waals surface area contributed by atoms with Crippen LogP contribution in [0.15, 0.2) is 67.1 Å². The fourth-order valence-electron chi connectivity index (χ4n) is 3.47. The number of halogens is 1. The Morgan fingerprint density at radius 1 is 0.962 bits per heavy atom. The van der Waals surface area contributed by atoms with Gasteiger partial charge in [0.15, 0.2) is 5.82 Å². The summed E-state index contributed by atoms with van der Waals surface area (Å²) in [4.78, 5) is 9.17. The molecule has 5 rings (SSSR count). The maximum atomic E-state index is 14.0. The lowest BCUT2D eigenvalue weighted by Crippen LogP contribution is -2.00. The van der Waals surface area contributed by atoms with Crippen LogP contribution in [0, 0.1) is 5.82 Å². The SMILES string of the molecule is Fc1ccccc1Cn1ccc2c(-c3ncc(C4CC4)cn3)cccc21. The van der Waals surface area contributed by atoms with Crippen LogP contribution in [0.2, 0.25) is 0 Å². The molecule has 2 aromatic heterocycles. The molecule has 0 spiro atoms. The topological polar surface area (TPSA) is 30.7 Å². The van der Waals surface area contributed by atoms with Crippen molar-refractivity contribution in [3.05, 3.63) is 84.1 Å². The number of benzene rings is 2.